The molecule has 0 aliphatic heterocycles. The van der Waals surface area contributed by atoms with Crippen LogP contribution in [0.5, 0.6) is 0 Å². The van der Waals surface area contributed by atoms with Crippen LogP contribution < -0.4 is 5.84 Å². The minimum absolute atomic E-state index is 0.624. The lowest BCUT2D eigenvalue weighted by molar-refractivity contribution is 0.152. The molecule has 1 aliphatic carbocycles. The van der Waals surface area contributed by atoms with Crippen LogP contribution in [0.3, 0.4) is 0 Å². The summed E-state index contributed by atoms with van der Waals surface area (Å²) in [6.07, 6.45) is 5.92. The molecule has 0 radical (unpaired) electrons. The van der Waals surface area contributed by atoms with Crippen LogP contribution in [0.2, 0.25) is 0 Å². The van der Waals surface area contributed by atoms with Gasteiger partial charge in [-0.15, -0.1) is 0 Å². The van der Waals surface area contributed by atoms with Crippen molar-refractivity contribution in [1.29, 1.82) is 0 Å². The van der Waals surface area contributed by atoms with Crippen LogP contribution in [-0.4, -0.2) is 36.6 Å². The molecule has 1 fully saturated rings. The average Bonchev–Trinajstić information content (AvgIpc) is 2.19. The first-order chi connectivity index (χ1) is 7.91. The molecule has 0 spiro atoms. The van der Waals surface area contributed by atoms with E-state index in [1.54, 1.807) is 5.01 Å². The second-order valence-corrected chi connectivity index (χ2v) is 5.95. The summed E-state index contributed by atoms with van der Waals surface area (Å²) in [5.74, 6) is 7.09. The molecule has 2 atom stereocenters. The van der Waals surface area contributed by atoms with E-state index in [4.69, 9.17) is 5.84 Å². The van der Waals surface area contributed by atoms with Crippen molar-refractivity contribution in [3.8, 4) is 0 Å². The Morgan fingerprint density at radius 3 is 2.59 bits per heavy atom. The molecule has 0 unspecified atom stereocenters. The first-order valence-electron chi connectivity index (χ1n) is 6.80. The predicted molar refractivity (Wildman–Crippen MR) is 74.3 cm³/mol. The lowest BCUT2D eigenvalue weighted by Crippen LogP contribution is -2.42. The maximum Gasteiger partial charge on any atom is 0.0222 e. The van der Waals surface area contributed by atoms with E-state index in [-0.39, 0.29) is 0 Å². The van der Waals surface area contributed by atoms with Crippen molar-refractivity contribution in [2.75, 3.05) is 20.6 Å². The SMILES string of the molecule is CC(C)CN(C)[C@@H]1CCC/C(=C/N(C)N)[C@@H]1C. The molecular weight excluding hydrogens is 210 g/mol. The zero-order valence-electron chi connectivity index (χ0n) is 12.1. The molecule has 1 rings (SSSR count). The fraction of sp³-hybridized carbons (Fsp3) is 0.857. The Labute approximate surface area is 107 Å². The third-order valence-corrected chi connectivity index (χ3v) is 3.72. The van der Waals surface area contributed by atoms with Crippen LogP contribution in [0.4, 0.5) is 0 Å². The van der Waals surface area contributed by atoms with Crippen molar-refractivity contribution in [2.45, 2.75) is 46.1 Å². The number of hydrogen-bond acceptors (Lipinski definition) is 3. The van der Waals surface area contributed by atoms with Crippen molar-refractivity contribution < 1.29 is 0 Å². The van der Waals surface area contributed by atoms with Crippen molar-refractivity contribution in [2.24, 2.45) is 17.7 Å². The highest BCUT2D eigenvalue weighted by molar-refractivity contribution is 5.11. The number of nitrogens with two attached hydrogens (primary N) is 1. The number of nitrogens with zero attached hydrogens (tertiary/aromatic N) is 2. The summed E-state index contributed by atoms with van der Waals surface area (Å²) < 4.78 is 0. The summed E-state index contributed by atoms with van der Waals surface area (Å²) in [6, 6.07) is 0.678. The van der Waals surface area contributed by atoms with Gasteiger partial charge in [0, 0.05) is 25.8 Å². The highest BCUT2D eigenvalue weighted by atomic mass is 15.4. The first kappa shape index (κ1) is 14.5. The normalized spacial score (nSPS) is 28.1. The zero-order chi connectivity index (χ0) is 13.0. The average molecular weight is 239 g/mol. The van der Waals surface area contributed by atoms with E-state index in [2.05, 4.69) is 38.9 Å². The van der Waals surface area contributed by atoms with Crippen molar-refractivity contribution in [1.82, 2.24) is 9.91 Å². The zero-order valence-corrected chi connectivity index (χ0v) is 12.1. The maximum absolute atomic E-state index is 5.73. The molecule has 0 aromatic carbocycles. The van der Waals surface area contributed by atoms with E-state index < -0.39 is 0 Å². The minimum atomic E-state index is 0.624. The third-order valence-electron chi connectivity index (χ3n) is 3.72. The van der Waals surface area contributed by atoms with Gasteiger partial charge in [0.15, 0.2) is 0 Å². The summed E-state index contributed by atoms with van der Waals surface area (Å²) in [4.78, 5) is 2.53. The monoisotopic (exact) mass is 239 g/mol. The lowest BCUT2D eigenvalue weighted by Gasteiger charge is -2.39. The number of hydrazine groups is 1. The molecule has 0 amide bonds. The van der Waals surface area contributed by atoms with Crippen molar-refractivity contribution >= 4 is 0 Å². The first-order valence-corrected chi connectivity index (χ1v) is 6.80. The standard InChI is InChI=1S/C14H29N3/c1-11(2)9-16(4)14-8-6-7-13(12(14)3)10-17(5)15/h10-12,14H,6-9,15H2,1-5H3/b13-10-/t12-,14+/m0/s1. The van der Waals surface area contributed by atoms with Gasteiger partial charge in [-0.25, -0.2) is 5.84 Å². The van der Waals surface area contributed by atoms with E-state index in [0.29, 0.717) is 12.0 Å². The summed E-state index contributed by atoms with van der Waals surface area (Å²) in [5.41, 5.74) is 1.50. The Morgan fingerprint density at radius 1 is 1.41 bits per heavy atom. The molecule has 2 N–H and O–H groups in total. The Morgan fingerprint density at radius 2 is 2.06 bits per heavy atom. The van der Waals surface area contributed by atoms with Gasteiger partial charge in [-0.3, -0.25) is 0 Å². The maximum atomic E-state index is 5.73. The van der Waals surface area contributed by atoms with Gasteiger partial charge in [0.1, 0.15) is 0 Å². The van der Waals surface area contributed by atoms with Gasteiger partial charge in [-0.1, -0.05) is 20.8 Å². The molecule has 1 aliphatic rings. The number of hydrogen-bond donors (Lipinski definition) is 1. The van der Waals surface area contributed by atoms with Crippen LogP contribution >= 0.6 is 0 Å². The third kappa shape index (κ3) is 4.32. The molecule has 0 bridgehead atoms. The number of rotatable bonds is 4. The van der Waals surface area contributed by atoms with E-state index in [1.165, 1.54) is 31.4 Å². The van der Waals surface area contributed by atoms with Crippen LogP contribution in [0, 0.1) is 11.8 Å². The van der Waals surface area contributed by atoms with Gasteiger partial charge in [0.05, 0.1) is 0 Å². The summed E-state index contributed by atoms with van der Waals surface area (Å²) in [7, 11) is 4.16. The van der Waals surface area contributed by atoms with Gasteiger partial charge in [-0.05, 0) is 43.7 Å². The smallest absolute Gasteiger partial charge is 0.0222 e. The Bertz CT molecular complexity index is 258. The highest BCUT2D eigenvalue weighted by Crippen LogP contribution is 2.32. The molecule has 3 heteroatoms. The largest absolute Gasteiger partial charge is 0.321 e. The van der Waals surface area contributed by atoms with Gasteiger partial charge in [-0.2, -0.15) is 0 Å². The quantitative estimate of drug-likeness (QED) is 0.604. The lowest BCUT2D eigenvalue weighted by atomic mass is 9.81. The molecule has 0 aromatic rings. The van der Waals surface area contributed by atoms with Crippen molar-refractivity contribution in [3.05, 3.63) is 11.8 Å². The fourth-order valence-corrected chi connectivity index (χ4v) is 3.00. The highest BCUT2D eigenvalue weighted by Gasteiger charge is 2.28. The van der Waals surface area contributed by atoms with Crippen LogP contribution in [-0.2, 0) is 0 Å². The van der Waals surface area contributed by atoms with Gasteiger partial charge < -0.3 is 9.91 Å². The Kier molecular flexibility index (Phi) is 5.47. The summed E-state index contributed by atoms with van der Waals surface area (Å²) >= 11 is 0. The van der Waals surface area contributed by atoms with E-state index >= 15 is 0 Å². The Balaban J connectivity index is 2.67. The summed E-state index contributed by atoms with van der Waals surface area (Å²) in [6.45, 7) is 8.10. The van der Waals surface area contributed by atoms with Crippen LogP contribution in [0.25, 0.3) is 0 Å². The van der Waals surface area contributed by atoms with Crippen molar-refractivity contribution in [3.63, 3.8) is 0 Å². The second kappa shape index (κ2) is 6.41. The van der Waals surface area contributed by atoms with E-state index in [1.807, 2.05) is 7.05 Å². The van der Waals surface area contributed by atoms with Crippen LogP contribution in [0.15, 0.2) is 11.8 Å². The molecule has 0 saturated heterocycles. The predicted octanol–water partition coefficient (Wildman–Crippen LogP) is 2.45. The fourth-order valence-electron chi connectivity index (χ4n) is 3.00. The topological polar surface area (TPSA) is 32.5 Å². The molecule has 3 nitrogen and oxygen atoms in total. The molecular formula is C14H29N3. The minimum Gasteiger partial charge on any atom is -0.321 e. The molecule has 17 heavy (non-hydrogen) atoms. The molecule has 0 heterocycles. The molecule has 0 aromatic heterocycles. The van der Waals surface area contributed by atoms with Gasteiger partial charge in [0.2, 0.25) is 0 Å². The van der Waals surface area contributed by atoms with E-state index in [9.17, 15) is 0 Å². The van der Waals surface area contributed by atoms with Gasteiger partial charge in [0.25, 0.3) is 0 Å². The Hall–Kier alpha value is -0.540. The van der Waals surface area contributed by atoms with E-state index in [0.717, 1.165) is 5.92 Å². The second-order valence-electron chi connectivity index (χ2n) is 5.95. The molecule has 100 valence electrons. The summed E-state index contributed by atoms with van der Waals surface area (Å²) in [5, 5.41) is 1.69. The van der Waals surface area contributed by atoms with Crippen LogP contribution in [0.1, 0.15) is 40.0 Å². The van der Waals surface area contributed by atoms with Gasteiger partial charge >= 0.3 is 0 Å². The molecule has 1 saturated carbocycles.